The van der Waals surface area contributed by atoms with E-state index in [0.29, 0.717) is 5.92 Å². The van der Waals surface area contributed by atoms with E-state index >= 15 is 0 Å². The van der Waals surface area contributed by atoms with Crippen LogP contribution in [-0.4, -0.2) is 0 Å². The Labute approximate surface area is 149 Å². The maximum Gasteiger partial charge on any atom is 0.0105 e. The van der Waals surface area contributed by atoms with Crippen molar-refractivity contribution in [2.45, 2.75) is 32.1 Å². The molecule has 5 rings (SSSR count). The summed E-state index contributed by atoms with van der Waals surface area (Å²) >= 11 is 0. The number of hydrogen-bond donors (Lipinski definition) is 0. The van der Waals surface area contributed by atoms with Crippen molar-refractivity contribution < 1.29 is 0 Å². The van der Waals surface area contributed by atoms with E-state index in [4.69, 9.17) is 0 Å². The van der Waals surface area contributed by atoms with Gasteiger partial charge in [0.25, 0.3) is 0 Å². The maximum atomic E-state index is 2.39. The lowest BCUT2D eigenvalue weighted by atomic mass is 9.89. The van der Waals surface area contributed by atoms with Gasteiger partial charge in [0.2, 0.25) is 0 Å². The predicted molar refractivity (Wildman–Crippen MR) is 106 cm³/mol. The van der Waals surface area contributed by atoms with Crippen LogP contribution in [0.4, 0.5) is 0 Å². The Morgan fingerprint density at radius 1 is 0.800 bits per heavy atom. The number of benzene rings is 3. The van der Waals surface area contributed by atoms with Gasteiger partial charge in [0.15, 0.2) is 0 Å². The third-order valence-electron chi connectivity index (χ3n) is 5.81. The van der Waals surface area contributed by atoms with Crippen molar-refractivity contribution in [2.24, 2.45) is 0 Å². The van der Waals surface area contributed by atoms with Crippen LogP contribution in [-0.2, 0) is 12.8 Å². The summed E-state index contributed by atoms with van der Waals surface area (Å²) in [5.41, 5.74) is 11.8. The fourth-order valence-corrected chi connectivity index (χ4v) is 4.69. The van der Waals surface area contributed by atoms with Gasteiger partial charge >= 0.3 is 0 Å². The highest BCUT2D eigenvalue weighted by Crippen LogP contribution is 2.46. The van der Waals surface area contributed by atoms with Gasteiger partial charge in [-0.15, -0.1) is 0 Å². The molecular formula is C25H22. The average Bonchev–Trinajstić information content (AvgIpc) is 3.18. The fraction of sp³-hybridized carbons (Fsp3) is 0.200. The zero-order chi connectivity index (χ0) is 16.8. The van der Waals surface area contributed by atoms with E-state index in [1.165, 1.54) is 50.9 Å². The van der Waals surface area contributed by atoms with Crippen molar-refractivity contribution in [1.82, 2.24) is 0 Å². The Morgan fingerprint density at radius 2 is 1.48 bits per heavy atom. The molecule has 0 fully saturated rings. The summed E-state index contributed by atoms with van der Waals surface area (Å²) in [7, 11) is 0. The number of hydrogen-bond acceptors (Lipinski definition) is 0. The van der Waals surface area contributed by atoms with Crippen molar-refractivity contribution >= 4 is 6.08 Å². The van der Waals surface area contributed by atoms with Gasteiger partial charge in [-0.1, -0.05) is 78.4 Å². The second-order valence-electron chi connectivity index (χ2n) is 7.42. The monoisotopic (exact) mass is 322 g/mol. The van der Waals surface area contributed by atoms with Crippen LogP contribution in [0.1, 0.15) is 47.1 Å². The van der Waals surface area contributed by atoms with E-state index in [-0.39, 0.29) is 0 Å². The summed E-state index contributed by atoms with van der Waals surface area (Å²) in [6.07, 6.45) is 5.83. The molecule has 0 radical (unpaired) electrons. The SMILES string of the molecule is CC1=Cc2c(CCC3c4ccccc4-c4ccccc43)cccc2C1. The van der Waals surface area contributed by atoms with Crippen molar-refractivity contribution in [3.63, 3.8) is 0 Å². The molecule has 3 aromatic carbocycles. The molecule has 0 unspecified atom stereocenters. The lowest BCUT2D eigenvalue weighted by Crippen LogP contribution is -2.01. The molecule has 0 aromatic heterocycles. The number of allylic oxidation sites excluding steroid dienone is 1. The highest BCUT2D eigenvalue weighted by atomic mass is 14.3. The normalized spacial score (nSPS) is 14.8. The first-order valence-electron chi connectivity index (χ1n) is 9.27. The van der Waals surface area contributed by atoms with Gasteiger partial charge in [-0.05, 0) is 65.1 Å². The molecule has 0 spiro atoms. The zero-order valence-corrected chi connectivity index (χ0v) is 14.6. The van der Waals surface area contributed by atoms with Crippen molar-refractivity contribution in [2.75, 3.05) is 0 Å². The Morgan fingerprint density at radius 3 is 2.20 bits per heavy atom. The van der Waals surface area contributed by atoms with E-state index in [1.54, 1.807) is 0 Å². The molecule has 2 aliphatic rings. The molecule has 0 saturated carbocycles. The minimum Gasteiger partial charge on any atom is -0.0683 e. The first kappa shape index (κ1) is 14.7. The van der Waals surface area contributed by atoms with Gasteiger partial charge in [-0.3, -0.25) is 0 Å². The van der Waals surface area contributed by atoms with E-state index in [2.05, 4.69) is 79.7 Å². The molecule has 0 bridgehead atoms. The average molecular weight is 322 g/mol. The van der Waals surface area contributed by atoms with Gasteiger partial charge in [-0.2, -0.15) is 0 Å². The van der Waals surface area contributed by atoms with E-state index in [1.807, 2.05) is 0 Å². The standard InChI is InChI=1S/C25H22/c1-17-15-19-8-6-7-18(25(19)16-17)13-14-24-22-11-4-2-9-20(22)21-10-3-5-12-23(21)24/h2-12,16,24H,13-15H2,1H3. The summed E-state index contributed by atoms with van der Waals surface area (Å²) < 4.78 is 0. The smallest absolute Gasteiger partial charge is 0.0105 e. The van der Waals surface area contributed by atoms with Crippen molar-refractivity contribution in [3.8, 4) is 11.1 Å². The first-order valence-corrected chi connectivity index (χ1v) is 9.27. The van der Waals surface area contributed by atoms with Gasteiger partial charge in [-0.25, -0.2) is 0 Å². The molecule has 0 saturated heterocycles. The summed E-state index contributed by atoms with van der Waals surface area (Å²) in [5.74, 6) is 0.523. The van der Waals surface area contributed by atoms with E-state index in [9.17, 15) is 0 Å². The van der Waals surface area contributed by atoms with Crippen molar-refractivity contribution in [1.29, 1.82) is 0 Å². The highest BCUT2D eigenvalue weighted by molar-refractivity contribution is 5.78. The zero-order valence-electron chi connectivity index (χ0n) is 14.6. The van der Waals surface area contributed by atoms with Gasteiger partial charge in [0.05, 0.1) is 0 Å². The van der Waals surface area contributed by atoms with Crippen LogP contribution in [0, 0.1) is 0 Å². The number of aryl methyl sites for hydroxylation is 1. The quantitative estimate of drug-likeness (QED) is 0.524. The van der Waals surface area contributed by atoms with Crippen LogP contribution in [0.5, 0.6) is 0 Å². The van der Waals surface area contributed by atoms with Crippen molar-refractivity contribution in [3.05, 3.63) is 100 Å². The fourth-order valence-electron chi connectivity index (χ4n) is 4.69. The van der Waals surface area contributed by atoms with Crippen LogP contribution >= 0.6 is 0 Å². The molecule has 0 heterocycles. The van der Waals surface area contributed by atoms with E-state index < -0.39 is 0 Å². The van der Waals surface area contributed by atoms with Crippen LogP contribution in [0.3, 0.4) is 0 Å². The van der Waals surface area contributed by atoms with Crippen LogP contribution < -0.4 is 0 Å². The Bertz CT molecular complexity index is 945. The van der Waals surface area contributed by atoms with E-state index in [0.717, 1.165) is 12.8 Å². The highest BCUT2D eigenvalue weighted by Gasteiger charge is 2.27. The lowest BCUT2D eigenvalue weighted by Gasteiger charge is -2.15. The summed E-state index contributed by atoms with van der Waals surface area (Å²) in [4.78, 5) is 0. The minimum atomic E-state index is 0.523. The molecule has 3 aromatic rings. The molecule has 0 N–H and O–H groups in total. The Balaban J connectivity index is 1.49. The number of fused-ring (bicyclic) bond motifs is 4. The summed E-state index contributed by atoms with van der Waals surface area (Å²) in [5, 5.41) is 0. The largest absolute Gasteiger partial charge is 0.0683 e. The Hall–Kier alpha value is -2.60. The molecule has 0 heteroatoms. The number of rotatable bonds is 3. The third kappa shape index (κ3) is 2.36. The van der Waals surface area contributed by atoms with Crippen LogP contribution in [0.2, 0.25) is 0 Å². The predicted octanol–water partition coefficient (Wildman–Crippen LogP) is 6.39. The minimum absolute atomic E-state index is 0.523. The molecule has 2 aliphatic carbocycles. The third-order valence-corrected chi connectivity index (χ3v) is 5.81. The first-order chi connectivity index (χ1) is 12.3. The second-order valence-corrected chi connectivity index (χ2v) is 7.42. The molecule has 0 atom stereocenters. The van der Waals surface area contributed by atoms with Crippen LogP contribution in [0.15, 0.2) is 72.3 Å². The topological polar surface area (TPSA) is 0 Å². The molecular weight excluding hydrogens is 300 g/mol. The summed E-state index contributed by atoms with van der Waals surface area (Å²) in [6.45, 7) is 2.24. The van der Waals surface area contributed by atoms with Crippen LogP contribution in [0.25, 0.3) is 17.2 Å². The van der Waals surface area contributed by atoms with Gasteiger partial charge < -0.3 is 0 Å². The van der Waals surface area contributed by atoms with Gasteiger partial charge in [0.1, 0.15) is 0 Å². The van der Waals surface area contributed by atoms with Gasteiger partial charge in [0, 0.05) is 5.92 Å². The molecule has 0 nitrogen and oxygen atoms in total. The lowest BCUT2D eigenvalue weighted by molar-refractivity contribution is 0.728. The molecule has 0 amide bonds. The second kappa shape index (κ2) is 5.74. The maximum absolute atomic E-state index is 2.39. The molecule has 25 heavy (non-hydrogen) atoms. The Kier molecular flexibility index (Phi) is 3.38. The molecule has 0 aliphatic heterocycles. The summed E-state index contributed by atoms with van der Waals surface area (Å²) in [6, 6.07) is 24.7. The molecule has 122 valence electrons.